The first-order valence-corrected chi connectivity index (χ1v) is 10.5. The first kappa shape index (κ1) is 18.0. The molecule has 3 aliphatic carbocycles. The standard InChI is InChI=1S/C23H37N/c1-6-17-7-9-19-20-10-8-18(12-14-24)22(20,4)13-11-21(19)23(17,5)15-16(2)3/h12,16-17,19-21H,6-11,13,15H2,1-5H3/b18-12-/t17-,19-,20?,21?,22+,23-/m0/s1. The van der Waals surface area contributed by atoms with Crippen molar-refractivity contribution >= 4 is 0 Å². The van der Waals surface area contributed by atoms with Crippen LogP contribution in [0.15, 0.2) is 11.6 Å². The van der Waals surface area contributed by atoms with E-state index in [2.05, 4.69) is 40.7 Å². The van der Waals surface area contributed by atoms with Crippen LogP contribution in [0.1, 0.15) is 86.0 Å². The van der Waals surface area contributed by atoms with Gasteiger partial charge in [0.05, 0.1) is 6.07 Å². The summed E-state index contributed by atoms with van der Waals surface area (Å²) in [5.41, 5.74) is 2.33. The molecular formula is C23H37N. The van der Waals surface area contributed by atoms with Crippen LogP contribution in [0.4, 0.5) is 0 Å². The van der Waals surface area contributed by atoms with E-state index in [1.54, 1.807) is 0 Å². The van der Waals surface area contributed by atoms with Crippen molar-refractivity contribution in [3.8, 4) is 6.07 Å². The molecule has 2 unspecified atom stereocenters. The molecule has 0 bridgehead atoms. The van der Waals surface area contributed by atoms with Crippen LogP contribution in [0.3, 0.4) is 0 Å². The second-order valence-corrected chi connectivity index (χ2v) is 9.96. The fraction of sp³-hybridized carbons (Fsp3) is 0.870. The maximum absolute atomic E-state index is 9.19. The normalized spacial score (nSPS) is 46.6. The summed E-state index contributed by atoms with van der Waals surface area (Å²) in [6.07, 6.45) is 12.7. The molecule has 0 heterocycles. The Balaban J connectivity index is 1.92. The van der Waals surface area contributed by atoms with Gasteiger partial charge in [0.15, 0.2) is 0 Å². The van der Waals surface area contributed by atoms with Crippen molar-refractivity contribution in [2.75, 3.05) is 0 Å². The zero-order chi connectivity index (χ0) is 17.5. The van der Waals surface area contributed by atoms with E-state index in [4.69, 9.17) is 0 Å². The molecule has 6 atom stereocenters. The molecule has 3 aliphatic rings. The zero-order valence-corrected chi connectivity index (χ0v) is 16.6. The van der Waals surface area contributed by atoms with Crippen molar-refractivity contribution in [1.29, 1.82) is 5.26 Å². The fourth-order valence-corrected chi connectivity index (χ4v) is 7.57. The van der Waals surface area contributed by atoms with E-state index >= 15 is 0 Å². The van der Waals surface area contributed by atoms with Gasteiger partial charge in [0, 0.05) is 6.08 Å². The average Bonchev–Trinajstić information content (AvgIpc) is 2.84. The topological polar surface area (TPSA) is 23.8 Å². The number of rotatable bonds is 3. The second-order valence-electron chi connectivity index (χ2n) is 9.96. The summed E-state index contributed by atoms with van der Waals surface area (Å²) < 4.78 is 0. The van der Waals surface area contributed by atoms with Crippen LogP contribution in [0.2, 0.25) is 0 Å². The lowest BCUT2D eigenvalue weighted by Gasteiger charge is -2.59. The van der Waals surface area contributed by atoms with Crippen molar-refractivity contribution < 1.29 is 0 Å². The summed E-state index contributed by atoms with van der Waals surface area (Å²) in [5, 5.41) is 9.19. The molecule has 0 amide bonds. The largest absolute Gasteiger partial charge is 0.193 e. The predicted octanol–water partition coefficient (Wildman–Crippen LogP) is 6.75. The molecule has 0 aliphatic heterocycles. The average molecular weight is 328 g/mol. The highest BCUT2D eigenvalue weighted by Gasteiger charge is 2.57. The lowest BCUT2D eigenvalue weighted by molar-refractivity contribution is -0.0900. The highest BCUT2D eigenvalue weighted by molar-refractivity contribution is 5.28. The molecular weight excluding hydrogens is 290 g/mol. The minimum atomic E-state index is 0.328. The van der Waals surface area contributed by atoms with Crippen molar-refractivity contribution in [2.45, 2.75) is 86.0 Å². The van der Waals surface area contributed by atoms with E-state index in [-0.39, 0.29) is 0 Å². The monoisotopic (exact) mass is 327 g/mol. The Bertz CT molecular complexity index is 539. The van der Waals surface area contributed by atoms with Gasteiger partial charge in [-0.15, -0.1) is 0 Å². The number of fused-ring (bicyclic) bond motifs is 3. The van der Waals surface area contributed by atoms with Crippen molar-refractivity contribution in [2.24, 2.45) is 40.4 Å². The fourth-order valence-electron chi connectivity index (χ4n) is 7.57. The SMILES string of the molecule is CC[C@H]1CC[C@H]2C3CC/C(=C/C#N)[C@@]3(C)CCC2[C@@]1(C)CC(C)C. The predicted molar refractivity (Wildman–Crippen MR) is 101 cm³/mol. The van der Waals surface area contributed by atoms with Gasteiger partial charge < -0.3 is 0 Å². The number of allylic oxidation sites excluding steroid dienone is 2. The van der Waals surface area contributed by atoms with E-state index < -0.39 is 0 Å². The molecule has 0 aromatic carbocycles. The van der Waals surface area contributed by atoms with Crippen LogP contribution in [0, 0.1) is 51.8 Å². The van der Waals surface area contributed by atoms with E-state index in [9.17, 15) is 5.26 Å². The van der Waals surface area contributed by atoms with Gasteiger partial charge in [-0.25, -0.2) is 0 Å². The van der Waals surface area contributed by atoms with Gasteiger partial charge in [0.25, 0.3) is 0 Å². The Morgan fingerprint density at radius 3 is 2.54 bits per heavy atom. The van der Waals surface area contributed by atoms with Crippen LogP contribution in [-0.4, -0.2) is 0 Å². The molecule has 1 heteroatoms. The van der Waals surface area contributed by atoms with Crippen LogP contribution in [0.25, 0.3) is 0 Å². The van der Waals surface area contributed by atoms with Crippen molar-refractivity contribution in [1.82, 2.24) is 0 Å². The Labute approximate surface area is 149 Å². The zero-order valence-electron chi connectivity index (χ0n) is 16.6. The molecule has 24 heavy (non-hydrogen) atoms. The van der Waals surface area contributed by atoms with Gasteiger partial charge in [0.2, 0.25) is 0 Å². The molecule has 0 radical (unpaired) electrons. The Morgan fingerprint density at radius 2 is 1.92 bits per heavy atom. The molecule has 0 aromatic rings. The highest BCUT2D eigenvalue weighted by atomic mass is 14.6. The molecule has 3 fully saturated rings. The molecule has 3 rings (SSSR count). The Morgan fingerprint density at radius 1 is 1.17 bits per heavy atom. The van der Waals surface area contributed by atoms with Gasteiger partial charge in [-0.1, -0.05) is 46.6 Å². The molecule has 134 valence electrons. The van der Waals surface area contributed by atoms with Crippen LogP contribution < -0.4 is 0 Å². The van der Waals surface area contributed by atoms with Gasteiger partial charge in [-0.3, -0.25) is 0 Å². The summed E-state index contributed by atoms with van der Waals surface area (Å²) >= 11 is 0. The minimum Gasteiger partial charge on any atom is -0.193 e. The van der Waals surface area contributed by atoms with Crippen LogP contribution >= 0.6 is 0 Å². The van der Waals surface area contributed by atoms with Gasteiger partial charge >= 0.3 is 0 Å². The molecule has 0 N–H and O–H groups in total. The number of hydrogen-bond acceptors (Lipinski definition) is 1. The molecule has 1 nitrogen and oxygen atoms in total. The summed E-state index contributed by atoms with van der Waals surface area (Å²) in [5.74, 6) is 4.37. The third kappa shape index (κ3) is 2.65. The quantitative estimate of drug-likeness (QED) is 0.526. The third-order valence-corrected chi connectivity index (χ3v) is 8.49. The van der Waals surface area contributed by atoms with E-state index in [1.165, 1.54) is 56.9 Å². The number of nitrogens with zero attached hydrogens (tertiary/aromatic N) is 1. The molecule has 3 saturated carbocycles. The Kier molecular flexibility index (Phi) is 4.89. The lowest BCUT2D eigenvalue weighted by atomic mass is 9.46. The smallest absolute Gasteiger partial charge is 0.0911 e. The van der Waals surface area contributed by atoms with Crippen LogP contribution in [0.5, 0.6) is 0 Å². The van der Waals surface area contributed by atoms with Crippen LogP contribution in [-0.2, 0) is 0 Å². The highest BCUT2D eigenvalue weighted by Crippen LogP contribution is 2.66. The molecule has 0 aromatic heterocycles. The van der Waals surface area contributed by atoms with Gasteiger partial charge in [0.1, 0.15) is 0 Å². The Hall–Kier alpha value is -0.770. The van der Waals surface area contributed by atoms with Crippen molar-refractivity contribution in [3.05, 3.63) is 11.6 Å². The first-order chi connectivity index (χ1) is 11.4. The minimum absolute atomic E-state index is 0.328. The number of hydrogen-bond donors (Lipinski definition) is 0. The number of nitriles is 1. The summed E-state index contributed by atoms with van der Waals surface area (Å²) in [6.45, 7) is 12.4. The second kappa shape index (κ2) is 6.51. The van der Waals surface area contributed by atoms with Crippen molar-refractivity contribution in [3.63, 3.8) is 0 Å². The first-order valence-electron chi connectivity index (χ1n) is 10.5. The maximum atomic E-state index is 9.19. The lowest BCUT2D eigenvalue weighted by Crippen LogP contribution is -2.51. The molecule has 0 spiro atoms. The maximum Gasteiger partial charge on any atom is 0.0911 e. The van der Waals surface area contributed by atoms with Gasteiger partial charge in [-0.2, -0.15) is 5.26 Å². The third-order valence-electron chi connectivity index (χ3n) is 8.49. The molecule has 0 saturated heterocycles. The summed E-state index contributed by atoms with van der Waals surface area (Å²) in [7, 11) is 0. The van der Waals surface area contributed by atoms with E-state index in [0.717, 1.165) is 29.6 Å². The van der Waals surface area contributed by atoms with Gasteiger partial charge in [-0.05, 0) is 85.4 Å². The van der Waals surface area contributed by atoms with E-state index in [1.807, 2.05) is 6.08 Å². The summed E-state index contributed by atoms with van der Waals surface area (Å²) in [4.78, 5) is 0. The summed E-state index contributed by atoms with van der Waals surface area (Å²) in [6, 6.07) is 2.34. The van der Waals surface area contributed by atoms with E-state index in [0.29, 0.717) is 10.8 Å².